The van der Waals surface area contributed by atoms with Crippen molar-refractivity contribution in [1.82, 2.24) is 10.1 Å². The van der Waals surface area contributed by atoms with Crippen molar-refractivity contribution >= 4 is 17.4 Å². The molecule has 29 heavy (non-hydrogen) atoms. The van der Waals surface area contributed by atoms with E-state index < -0.39 is 6.17 Å². The van der Waals surface area contributed by atoms with Gasteiger partial charge in [0.2, 0.25) is 5.16 Å². The summed E-state index contributed by atoms with van der Waals surface area (Å²) in [5.74, 6) is 1.32. The molecule has 0 spiro atoms. The molecular formula is C21H23N4O3S+. The van der Waals surface area contributed by atoms with Gasteiger partial charge in [-0.2, -0.15) is 0 Å². The zero-order chi connectivity index (χ0) is 20.4. The number of phenols is 1. The average molecular weight is 412 g/mol. The summed E-state index contributed by atoms with van der Waals surface area (Å²) in [4.78, 5) is 15.9. The largest absolute Gasteiger partial charge is 0.504 e. The van der Waals surface area contributed by atoms with Crippen LogP contribution in [-0.4, -0.2) is 28.1 Å². The maximum atomic E-state index is 13.0. The first-order valence-corrected chi connectivity index (χ1v) is 10.5. The van der Waals surface area contributed by atoms with Gasteiger partial charge in [-0.15, -0.1) is 0 Å². The van der Waals surface area contributed by atoms with E-state index in [1.54, 1.807) is 16.8 Å². The summed E-state index contributed by atoms with van der Waals surface area (Å²) >= 11 is 1.54. The summed E-state index contributed by atoms with van der Waals surface area (Å²) in [7, 11) is 1.51. The number of aromatic nitrogens is 3. The maximum absolute atomic E-state index is 13.0. The third-order valence-electron chi connectivity index (χ3n) is 4.84. The molecule has 0 unspecified atom stereocenters. The van der Waals surface area contributed by atoms with Crippen molar-refractivity contribution in [2.75, 3.05) is 18.2 Å². The van der Waals surface area contributed by atoms with Crippen molar-refractivity contribution in [1.29, 1.82) is 0 Å². The van der Waals surface area contributed by atoms with Crippen molar-refractivity contribution in [3.8, 4) is 22.8 Å². The predicted molar refractivity (Wildman–Crippen MR) is 113 cm³/mol. The van der Waals surface area contributed by atoms with Gasteiger partial charge in [0.1, 0.15) is 0 Å². The third-order valence-corrected chi connectivity index (χ3v) is 5.79. The molecule has 7 nitrogen and oxygen atoms in total. The number of para-hydroxylation sites is 1. The van der Waals surface area contributed by atoms with Crippen LogP contribution in [-0.2, 0) is 0 Å². The number of aromatic amines is 1. The molecule has 8 heteroatoms. The summed E-state index contributed by atoms with van der Waals surface area (Å²) in [6.45, 7) is 2.13. The number of rotatable bonds is 6. The predicted octanol–water partition coefficient (Wildman–Crippen LogP) is 3.30. The highest BCUT2D eigenvalue weighted by atomic mass is 32.2. The van der Waals surface area contributed by atoms with Crippen LogP contribution in [0.2, 0.25) is 0 Å². The highest BCUT2D eigenvalue weighted by Gasteiger charge is 2.37. The highest BCUT2D eigenvalue weighted by molar-refractivity contribution is 7.99. The molecule has 0 amide bonds. The van der Waals surface area contributed by atoms with Crippen LogP contribution in [0.25, 0.3) is 11.3 Å². The molecule has 1 atom stereocenters. The average Bonchev–Trinajstić information content (AvgIpc) is 2.73. The number of fused-ring (bicyclic) bond motifs is 3. The molecule has 150 valence electrons. The summed E-state index contributed by atoms with van der Waals surface area (Å²) < 4.78 is 6.86. The topological polar surface area (TPSA) is 91.1 Å². The number of nitrogens with one attached hydrogen (secondary N) is 2. The fraction of sp³-hybridized carbons (Fsp3) is 0.286. The Labute approximate surface area is 172 Å². The Morgan fingerprint density at radius 2 is 2.10 bits per heavy atom. The number of aromatic hydroxyl groups is 1. The van der Waals surface area contributed by atoms with Crippen LogP contribution >= 0.6 is 11.8 Å². The van der Waals surface area contributed by atoms with Gasteiger partial charge in [0.05, 0.1) is 18.4 Å². The second kappa shape index (κ2) is 8.16. The smallest absolute Gasteiger partial charge is 0.325 e. The van der Waals surface area contributed by atoms with Gasteiger partial charge >= 0.3 is 11.3 Å². The highest BCUT2D eigenvalue weighted by Crippen LogP contribution is 2.34. The van der Waals surface area contributed by atoms with E-state index in [-0.39, 0.29) is 11.3 Å². The third kappa shape index (κ3) is 3.67. The van der Waals surface area contributed by atoms with Crippen LogP contribution in [0.15, 0.2) is 52.4 Å². The molecule has 0 saturated carbocycles. The van der Waals surface area contributed by atoms with E-state index in [2.05, 4.69) is 17.2 Å². The summed E-state index contributed by atoms with van der Waals surface area (Å²) in [5, 5.41) is 19.0. The number of methoxy groups -OCH3 is 1. The SMILES string of the molecule is CCCCSc1n[n+]2c(c(=O)[nH]1)-c1ccccc1N[C@H]2c1ccc(OC)c(O)c1. The minimum Gasteiger partial charge on any atom is -0.504 e. The standard InChI is InChI=1S/C21H22N4O3S/c1-3-4-11-29-21-23-20(27)18-14-7-5-6-8-15(14)22-19(25(18)24-21)13-9-10-17(28-2)16(26)12-13/h5-10,12,19H,3-4,11H2,1-2H3,(H2,23,24,26,27)/p+1/t19-/m1/s1. The van der Waals surface area contributed by atoms with E-state index in [9.17, 15) is 9.90 Å². The van der Waals surface area contributed by atoms with Gasteiger partial charge in [0.15, 0.2) is 11.5 Å². The lowest BCUT2D eigenvalue weighted by Crippen LogP contribution is -2.55. The van der Waals surface area contributed by atoms with E-state index >= 15 is 0 Å². The van der Waals surface area contributed by atoms with E-state index in [0.717, 1.165) is 35.4 Å². The van der Waals surface area contributed by atoms with Gasteiger partial charge in [-0.25, -0.2) is 0 Å². The molecule has 1 aliphatic rings. The minimum absolute atomic E-state index is 0.0372. The molecule has 3 aromatic rings. The quantitative estimate of drug-likeness (QED) is 0.328. The van der Waals surface area contributed by atoms with Gasteiger partial charge in [-0.1, -0.05) is 37.2 Å². The number of benzene rings is 2. The van der Waals surface area contributed by atoms with E-state index in [4.69, 9.17) is 9.84 Å². The molecule has 0 saturated heterocycles. The number of nitrogens with zero attached hydrogens (tertiary/aromatic N) is 2. The van der Waals surface area contributed by atoms with Crippen LogP contribution in [0, 0.1) is 0 Å². The number of phenolic OH excluding ortho intramolecular Hbond substituents is 1. The Balaban J connectivity index is 1.85. The van der Waals surface area contributed by atoms with Crippen LogP contribution in [0.1, 0.15) is 31.5 Å². The first-order chi connectivity index (χ1) is 14.1. The fourth-order valence-corrected chi connectivity index (χ4v) is 4.31. The Kier molecular flexibility index (Phi) is 5.44. The van der Waals surface area contributed by atoms with Crippen molar-refractivity contribution < 1.29 is 14.5 Å². The van der Waals surface area contributed by atoms with E-state index in [0.29, 0.717) is 16.6 Å². The van der Waals surface area contributed by atoms with Crippen LogP contribution in [0.4, 0.5) is 5.69 Å². The van der Waals surface area contributed by atoms with Crippen LogP contribution < -0.4 is 20.3 Å². The Bertz CT molecular complexity index is 1100. The molecule has 1 aliphatic heterocycles. The van der Waals surface area contributed by atoms with Gasteiger partial charge < -0.3 is 15.2 Å². The summed E-state index contributed by atoms with van der Waals surface area (Å²) in [6.07, 6.45) is 1.69. The first kappa shape index (κ1) is 19.3. The number of ether oxygens (including phenoxy) is 1. The van der Waals surface area contributed by atoms with Gasteiger partial charge in [-0.05, 0) is 41.4 Å². The van der Waals surface area contributed by atoms with Crippen LogP contribution in [0.3, 0.4) is 0 Å². The monoisotopic (exact) mass is 411 g/mol. The van der Waals surface area contributed by atoms with E-state index in [1.807, 2.05) is 30.3 Å². The molecule has 2 aromatic carbocycles. The zero-order valence-electron chi connectivity index (χ0n) is 16.3. The van der Waals surface area contributed by atoms with Gasteiger partial charge in [-0.3, -0.25) is 9.78 Å². The lowest BCUT2D eigenvalue weighted by Gasteiger charge is -2.22. The van der Waals surface area contributed by atoms with Gasteiger partial charge in [0.25, 0.3) is 6.17 Å². The molecule has 3 N–H and O–H groups in total. The molecule has 4 rings (SSSR count). The minimum atomic E-state index is -0.440. The summed E-state index contributed by atoms with van der Waals surface area (Å²) in [6, 6.07) is 12.8. The second-order valence-electron chi connectivity index (χ2n) is 6.78. The normalized spacial score (nSPS) is 14.6. The molecule has 0 bridgehead atoms. The molecule has 0 radical (unpaired) electrons. The lowest BCUT2D eigenvalue weighted by molar-refractivity contribution is -0.759. The zero-order valence-corrected chi connectivity index (χ0v) is 17.1. The van der Waals surface area contributed by atoms with Crippen molar-refractivity contribution in [3.05, 3.63) is 58.4 Å². The molecule has 1 aromatic heterocycles. The number of H-pyrrole nitrogens is 1. The van der Waals surface area contributed by atoms with Crippen molar-refractivity contribution in [2.45, 2.75) is 31.1 Å². The number of unbranched alkanes of at least 4 members (excludes halogenated alkanes) is 1. The Hall–Kier alpha value is -3.00. The van der Waals surface area contributed by atoms with Crippen molar-refractivity contribution in [2.24, 2.45) is 0 Å². The van der Waals surface area contributed by atoms with E-state index in [1.165, 1.54) is 18.9 Å². The Morgan fingerprint density at radius 3 is 2.86 bits per heavy atom. The molecule has 0 fully saturated rings. The fourth-order valence-electron chi connectivity index (χ4n) is 3.37. The lowest BCUT2D eigenvalue weighted by atomic mass is 10.0. The number of thioether (sulfide) groups is 1. The first-order valence-electron chi connectivity index (χ1n) is 9.54. The van der Waals surface area contributed by atoms with Gasteiger partial charge in [0, 0.05) is 16.4 Å². The summed E-state index contributed by atoms with van der Waals surface area (Å²) in [5.41, 5.74) is 2.70. The van der Waals surface area contributed by atoms with Crippen LogP contribution in [0.5, 0.6) is 11.5 Å². The maximum Gasteiger partial charge on any atom is 0.325 e. The second-order valence-corrected chi connectivity index (χ2v) is 7.86. The molecule has 0 aliphatic carbocycles. The number of anilines is 1. The molecule has 2 heterocycles. The molecular weight excluding hydrogens is 388 g/mol. The van der Waals surface area contributed by atoms with Crippen molar-refractivity contribution in [3.63, 3.8) is 0 Å². The Morgan fingerprint density at radius 1 is 1.28 bits per heavy atom. The number of hydrogen-bond acceptors (Lipinski definition) is 6. The number of hydrogen-bond donors (Lipinski definition) is 3.